The number of halogens is 5. The monoisotopic (exact) mass is 531 g/mol. The minimum Gasteiger partial charge on any atom is -0.355 e. The lowest BCUT2D eigenvalue weighted by Crippen LogP contribution is -2.47. The molecule has 1 saturated heterocycles. The molecule has 0 aliphatic carbocycles. The van der Waals surface area contributed by atoms with E-state index >= 15 is 0 Å². The highest BCUT2D eigenvalue weighted by Crippen LogP contribution is 2.19. The Balaban J connectivity index is 0.00000420. The average molecular weight is 531 g/mol. The summed E-state index contributed by atoms with van der Waals surface area (Å²) >= 11 is 0. The van der Waals surface area contributed by atoms with Gasteiger partial charge < -0.3 is 16.0 Å². The van der Waals surface area contributed by atoms with Crippen LogP contribution in [0, 0.1) is 5.82 Å². The van der Waals surface area contributed by atoms with Gasteiger partial charge >= 0.3 is 6.18 Å². The summed E-state index contributed by atoms with van der Waals surface area (Å²) in [6.07, 6.45) is -3.51. The predicted octanol–water partition coefficient (Wildman–Crippen LogP) is 1.90. The molecule has 0 aromatic heterocycles. The highest BCUT2D eigenvalue weighted by molar-refractivity contribution is 14.0. The van der Waals surface area contributed by atoms with Crippen molar-refractivity contribution in [2.75, 3.05) is 39.8 Å². The molecule has 1 aliphatic heterocycles. The lowest BCUT2D eigenvalue weighted by Gasteiger charge is -2.19. The Morgan fingerprint density at radius 2 is 2.00 bits per heavy atom. The third kappa shape index (κ3) is 10.1. The number of nitrogens with zero attached hydrogens (tertiary/aromatic N) is 2. The normalized spacial score (nSPS) is 17.6. The van der Waals surface area contributed by atoms with Crippen LogP contribution in [-0.4, -0.2) is 68.8 Å². The van der Waals surface area contributed by atoms with Crippen LogP contribution in [0.4, 0.5) is 17.6 Å². The number of hydrogen-bond acceptors (Lipinski definition) is 3. The number of guanidine groups is 1. The SMILES string of the molecule is CN=C(NCCNC(=O)Cc1cccc(F)c1)NC1CCN(CC(F)(F)F)C1.I. The standard InChI is InChI=1S/C18H25F4N5O.HI/c1-23-17(26-15-5-8-27(11-15)12-18(20,21)22)25-7-6-24-16(28)10-13-3-2-4-14(19)9-13;/h2-4,9,15H,5-8,10-12H2,1H3,(H,24,28)(H2,23,25,26);1H. The van der Waals surface area contributed by atoms with E-state index < -0.39 is 12.7 Å². The number of rotatable bonds is 7. The molecule has 1 aromatic carbocycles. The Kier molecular flexibility index (Phi) is 10.6. The van der Waals surface area contributed by atoms with Crippen LogP contribution in [-0.2, 0) is 11.2 Å². The van der Waals surface area contributed by atoms with Crippen molar-refractivity contribution in [3.63, 3.8) is 0 Å². The van der Waals surface area contributed by atoms with Crippen molar-refractivity contribution in [3.8, 4) is 0 Å². The summed E-state index contributed by atoms with van der Waals surface area (Å²) in [7, 11) is 1.57. The molecular weight excluding hydrogens is 505 g/mol. The second-order valence-electron chi connectivity index (χ2n) is 6.64. The molecule has 0 spiro atoms. The number of alkyl halides is 3. The fourth-order valence-corrected chi connectivity index (χ4v) is 3.01. The van der Waals surface area contributed by atoms with Gasteiger partial charge in [0.2, 0.25) is 5.91 Å². The molecular formula is C18H26F4IN5O. The summed E-state index contributed by atoms with van der Waals surface area (Å²) in [5.41, 5.74) is 0.590. The Morgan fingerprint density at radius 1 is 1.28 bits per heavy atom. The summed E-state index contributed by atoms with van der Waals surface area (Å²) in [4.78, 5) is 17.3. The van der Waals surface area contributed by atoms with Gasteiger partial charge in [-0.15, -0.1) is 24.0 Å². The first-order valence-corrected chi connectivity index (χ1v) is 9.02. The zero-order valence-corrected chi connectivity index (χ0v) is 18.4. The number of hydrogen-bond donors (Lipinski definition) is 3. The minimum atomic E-state index is -4.20. The topological polar surface area (TPSA) is 68.8 Å². The molecule has 0 radical (unpaired) electrons. The molecule has 1 aliphatic rings. The molecule has 1 aromatic rings. The van der Waals surface area contributed by atoms with Crippen LogP contribution in [0.25, 0.3) is 0 Å². The van der Waals surface area contributed by atoms with Crippen LogP contribution >= 0.6 is 24.0 Å². The van der Waals surface area contributed by atoms with Gasteiger partial charge in [-0.1, -0.05) is 12.1 Å². The van der Waals surface area contributed by atoms with Gasteiger partial charge in [0.05, 0.1) is 13.0 Å². The van der Waals surface area contributed by atoms with E-state index in [-0.39, 0.29) is 48.2 Å². The molecule has 3 N–H and O–H groups in total. The molecule has 164 valence electrons. The van der Waals surface area contributed by atoms with Gasteiger partial charge in [0.25, 0.3) is 0 Å². The quantitative estimate of drug-likeness (QED) is 0.166. The van der Waals surface area contributed by atoms with Gasteiger partial charge in [-0.25, -0.2) is 4.39 Å². The Labute approximate surface area is 184 Å². The first-order valence-electron chi connectivity index (χ1n) is 9.02. The van der Waals surface area contributed by atoms with E-state index in [1.165, 1.54) is 17.0 Å². The smallest absolute Gasteiger partial charge is 0.355 e. The third-order valence-corrected chi connectivity index (χ3v) is 4.23. The van der Waals surface area contributed by atoms with Crippen LogP contribution in [0.15, 0.2) is 29.3 Å². The van der Waals surface area contributed by atoms with E-state index in [1.54, 1.807) is 19.2 Å². The van der Waals surface area contributed by atoms with Crippen LogP contribution in [0.2, 0.25) is 0 Å². The number of amides is 1. The number of aliphatic imine (C=N–C) groups is 1. The summed E-state index contributed by atoms with van der Waals surface area (Å²) in [6, 6.07) is 5.74. The summed E-state index contributed by atoms with van der Waals surface area (Å²) in [5.74, 6) is -0.144. The van der Waals surface area contributed by atoms with Gasteiger partial charge in [-0.3, -0.25) is 14.7 Å². The van der Waals surface area contributed by atoms with Crippen molar-refractivity contribution in [3.05, 3.63) is 35.6 Å². The molecule has 11 heteroatoms. The number of carbonyl (C=O) groups excluding carboxylic acids is 1. The fourth-order valence-electron chi connectivity index (χ4n) is 3.01. The highest BCUT2D eigenvalue weighted by Gasteiger charge is 2.34. The predicted molar refractivity (Wildman–Crippen MR) is 114 cm³/mol. The Morgan fingerprint density at radius 3 is 2.66 bits per heavy atom. The first-order chi connectivity index (χ1) is 13.2. The van der Waals surface area contributed by atoms with Crippen molar-refractivity contribution < 1.29 is 22.4 Å². The van der Waals surface area contributed by atoms with E-state index in [1.807, 2.05) is 0 Å². The number of benzene rings is 1. The van der Waals surface area contributed by atoms with Crippen molar-refractivity contribution >= 4 is 35.8 Å². The maximum Gasteiger partial charge on any atom is 0.401 e. The van der Waals surface area contributed by atoms with Crippen LogP contribution in [0.1, 0.15) is 12.0 Å². The van der Waals surface area contributed by atoms with E-state index in [2.05, 4.69) is 20.9 Å². The van der Waals surface area contributed by atoms with E-state index in [0.717, 1.165) is 0 Å². The zero-order valence-electron chi connectivity index (χ0n) is 16.1. The molecule has 0 bridgehead atoms. The first kappa shape index (κ1) is 25.4. The van der Waals surface area contributed by atoms with Crippen LogP contribution < -0.4 is 16.0 Å². The maximum atomic E-state index is 13.1. The fraction of sp³-hybridized carbons (Fsp3) is 0.556. The number of nitrogens with one attached hydrogen (secondary N) is 3. The van der Waals surface area contributed by atoms with Gasteiger partial charge in [-0.05, 0) is 24.1 Å². The number of likely N-dealkylation sites (tertiary alicyclic amines) is 1. The van der Waals surface area contributed by atoms with Gasteiger partial charge in [0, 0.05) is 39.3 Å². The van der Waals surface area contributed by atoms with Crippen molar-refractivity contribution in [1.29, 1.82) is 0 Å². The molecule has 1 atom stereocenters. The second-order valence-corrected chi connectivity index (χ2v) is 6.64. The molecule has 2 rings (SSSR count). The van der Waals surface area contributed by atoms with Crippen molar-refractivity contribution in [2.24, 2.45) is 4.99 Å². The average Bonchev–Trinajstić information content (AvgIpc) is 3.02. The molecule has 1 amide bonds. The maximum absolute atomic E-state index is 13.1. The summed E-state index contributed by atoms with van der Waals surface area (Å²) in [5, 5.41) is 8.82. The number of carbonyl (C=O) groups is 1. The van der Waals surface area contributed by atoms with Crippen LogP contribution in [0.5, 0.6) is 0 Å². The van der Waals surface area contributed by atoms with Gasteiger partial charge in [0.15, 0.2) is 5.96 Å². The van der Waals surface area contributed by atoms with Crippen LogP contribution in [0.3, 0.4) is 0 Å². The molecule has 1 heterocycles. The largest absolute Gasteiger partial charge is 0.401 e. The molecule has 0 saturated carbocycles. The van der Waals surface area contributed by atoms with E-state index in [9.17, 15) is 22.4 Å². The minimum absolute atomic E-state index is 0. The van der Waals surface area contributed by atoms with E-state index in [4.69, 9.17) is 0 Å². The lowest BCUT2D eigenvalue weighted by atomic mass is 10.1. The Hall–Kier alpha value is -1.63. The molecule has 1 unspecified atom stereocenters. The third-order valence-electron chi connectivity index (χ3n) is 4.23. The molecule has 1 fully saturated rings. The lowest BCUT2D eigenvalue weighted by molar-refractivity contribution is -0.143. The van der Waals surface area contributed by atoms with Crippen molar-refractivity contribution in [2.45, 2.75) is 25.1 Å². The van der Waals surface area contributed by atoms with Crippen molar-refractivity contribution in [1.82, 2.24) is 20.9 Å². The van der Waals surface area contributed by atoms with Gasteiger partial charge in [0.1, 0.15) is 5.82 Å². The summed E-state index contributed by atoms with van der Waals surface area (Å²) < 4.78 is 50.4. The highest BCUT2D eigenvalue weighted by atomic mass is 127. The van der Waals surface area contributed by atoms with Gasteiger partial charge in [-0.2, -0.15) is 13.2 Å². The zero-order chi connectivity index (χ0) is 20.6. The van der Waals surface area contributed by atoms with E-state index in [0.29, 0.717) is 44.1 Å². The summed E-state index contributed by atoms with van der Waals surface area (Å²) in [6.45, 7) is 0.497. The molecule has 29 heavy (non-hydrogen) atoms. The Bertz CT molecular complexity index is 686. The second kappa shape index (κ2) is 12.2. The molecule has 6 nitrogen and oxygen atoms in total.